The molecule has 0 aliphatic rings. The van der Waals surface area contributed by atoms with Crippen molar-refractivity contribution in [2.24, 2.45) is 0 Å². The lowest BCUT2D eigenvalue weighted by Crippen LogP contribution is -2.39. The van der Waals surface area contributed by atoms with Crippen molar-refractivity contribution in [2.45, 2.75) is 49.1 Å². The van der Waals surface area contributed by atoms with Crippen LogP contribution in [0.15, 0.2) is 225 Å². The van der Waals surface area contributed by atoms with Crippen molar-refractivity contribution in [3.8, 4) is 79.5 Å². The minimum atomic E-state index is -4.32. The summed E-state index contributed by atoms with van der Waals surface area (Å²) in [5, 5.41) is 26.0. The molecule has 0 fully saturated rings. The molecule has 0 unspecified atom stereocenters. The molecule has 4 aromatic heterocycles. The van der Waals surface area contributed by atoms with Crippen LogP contribution in [0.25, 0.3) is 65.5 Å². The summed E-state index contributed by atoms with van der Waals surface area (Å²) >= 11 is 10.00. The predicted octanol–water partition coefficient (Wildman–Crippen LogP) is 14.3. The number of para-hydroxylation sites is 2. The first kappa shape index (κ1) is 73.6. The Bertz CT molecular complexity index is 5580. The number of aromatic nitrogens is 10. The van der Waals surface area contributed by atoms with Gasteiger partial charge in [0.2, 0.25) is 25.9 Å². The quantitative estimate of drug-likeness (QED) is 0.0424. The van der Waals surface area contributed by atoms with Crippen molar-refractivity contribution >= 4 is 105 Å². The van der Waals surface area contributed by atoms with Crippen LogP contribution in [0, 0.1) is 0 Å². The molecule has 5 N–H and O–H groups in total. The molecule has 0 saturated heterocycles. The van der Waals surface area contributed by atoms with Gasteiger partial charge in [0.25, 0.3) is 0 Å². The number of halogens is 2. The molecule has 14 rings (SSSR count). The molecule has 0 radical (unpaired) electrons. The van der Waals surface area contributed by atoms with Crippen LogP contribution in [0.1, 0.15) is 33.4 Å². The van der Waals surface area contributed by atoms with Crippen molar-refractivity contribution in [3.05, 3.63) is 249 Å². The minimum Gasteiger partial charge on any atom is -0.497 e. The Morgan fingerprint density at radius 3 is 1.19 bits per heavy atom. The highest BCUT2D eigenvalue weighted by atomic mass is 79.9. The van der Waals surface area contributed by atoms with E-state index < -0.39 is 20.0 Å². The number of nitrogens with two attached hydrogens (primary N) is 2. The standard InChI is InChI=1S/2C38H34BrN7O5S2/c1-49-27-13-7-24(8-14-27)21-45(22-25-9-15-28(50-2)16-10-25)53(47,48)36-32(39)20-19-30(31-5-4-6-33-35(31)41-38(40)52-33)34(36)37-42-43-44-46(37)23-26-11-17-29(51-3)18-12-26;1-49-27-13-7-24(8-14-27)21-45(22-25-9-15-28(50-2)16-10-25)53(47,48)36-32(39)20-19-30(31-5-4-6-33-35(31)41-38(40)52-33)34(36)37-42-44-46(43-37)23-26-11-17-29(51-3)18-12-26/h4-20H,21-23H2,1-3H3,(H2,40,41,42,44);4-20H,21-23H2,1-3H3,(H2,40,41)/p+1. The summed E-state index contributed by atoms with van der Waals surface area (Å²) < 4.78 is 101. The average Bonchev–Trinajstić information content (AvgIpc) is 1.33. The van der Waals surface area contributed by atoms with E-state index in [1.165, 1.54) is 36.1 Å². The molecule has 106 heavy (non-hydrogen) atoms. The maximum Gasteiger partial charge on any atom is 0.334 e. The van der Waals surface area contributed by atoms with E-state index in [-0.39, 0.29) is 47.4 Å². The fourth-order valence-electron chi connectivity index (χ4n) is 12.1. The average molecular weight is 1630 g/mol. The summed E-state index contributed by atoms with van der Waals surface area (Å²) in [6.45, 7) is 0.859. The first-order valence-corrected chi connectivity index (χ1v) is 38.8. The van der Waals surface area contributed by atoms with E-state index in [1.807, 2.05) is 170 Å². The van der Waals surface area contributed by atoms with Crippen LogP contribution in [0.4, 0.5) is 10.3 Å². The van der Waals surface area contributed by atoms with Crippen molar-refractivity contribution in [3.63, 3.8) is 0 Å². The number of benzene rings is 10. The summed E-state index contributed by atoms with van der Waals surface area (Å²) in [6, 6.07) is 63.0. The molecule has 0 bridgehead atoms. The molecule has 0 spiro atoms. The van der Waals surface area contributed by atoms with Crippen LogP contribution in [-0.2, 0) is 59.3 Å². The van der Waals surface area contributed by atoms with E-state index in [2.05, 4.69) is 67.7 Å². The maximum absolute atomic E-state index is 15.4. The van der Waals surface area contributed by atoms with Gasteiger partial charge in [-0.1, -0.05) is 137 Å². The van der Waals surface area contributed by atoms with Gasteiger partial charge in [0.05, 0.1) is 80.8 Å². The molecule has 0 atom stereocenters. The summed E-state index contributed by atoms with van der Waals surface area (Å²) in [5.74, 6) is 4.54. The SMILES string of the molecule is COc1ccc(CN(Cc2ccc(OC)cc2)S(=O)(=O)c2c(Br)ccc(-c3cccc4sc(N)nc34)c2-c2nn[nH][n+]2Cc2ccc(OC)cc2)cc1.COc1ccc(CN(Cc2ccc(OC)cc2)S(=O)(=O)c2c(Br)ccc(-c3cccc4sc(N)nc34)c2-c2nnn(Cc3ccc(OC)cc3)n2)cc1. The fourth-order valence-corrected chi connectivity index (χ4v) is 18.8. The fraction of sp³-hybridized carbons (Fsp3) is 0.158. The number of H-pyrrole nitrogens is 1. The van der Waals surface area contributed by atoms with Gasteiger partial charge < -0.3 is 39.9 Å². The van der Waals surface area contributed by atoms with Crippen molar-refractivity contribution < 1.29 is 49.9 Å². The van der Waals surface area contributed by atoms with Gasteiger partial charge in [-0.05, 0) is 179 Å². The second kappa shape index (κ2) is 32.3. The topological polar surface area (TPSA) is 297 Å². The first-order valence-electron chi connectivity index (χ1n) is 32.7. The number of ether oxygens (including phenoxy) is 6. The van der Waals surface area contributed by atoms with Crippen LogP contribution >= 0.6 is 54.5 Å². The van der Waals surface area contributed by atoms with Crippen LogP contribution in [-0.4, -0.2) is 114 Å². The van der Waals surface area contributed by atoms with Gasteiger partial charge in [-0.25, -0.2) is 26.8 Å². The summed E-state index contributed by atoms with van der Waals surface area (Å²) in [5.41, 5.74) is 21.7. The Balaban J connectivity index is 0.000000188. The van der Waals surface area contributed by atoms with Crippen molar-refractivity contribution in [1.82, 2.24) is 54.3 Å². The Labute approximate surface area is 636 Å². The van der Waals surface area contributed by atoms with Gasteiger partial charge in [-0.15, -0.1) is 10.2 Å². The summed E-state index contributed by atoms with van der Waals surface area (Å²) in [7, 11) is 0.926. The molecule has 0 aliphatic carbocycles. The number of nitrogens with zero attached hydrogens (tertiary/aromatic N) is 11. The number of hydrogen-bond donors (Lipinski definition) is 3. The Morgan fingerprint density at radius 2 is 0.802 bits per heavy atom. The second-order valence-corrected chi connectivity index (χ2v) is 31.6. The monoisotopic (exact) mass is 1620 g/mol. The lowest BCUT2D eigenvalue weighted by molar-refractivity contribution is -0.736. The molecular weight excluding hydrogens is 1560 g/mol. The third kappa shape index (κ3) is 16.1. The molecule has 10 aromatic carbocycles. The Hall–Kier alpha value is -10.7. The third-order valence-corrected chi connectivity index (χ3v) is 24.7. The Kier molecular flexibility index (Phi) is 22.5. The van der Waals surface area contributed by atoms with E-state index in [0.717, 1.165) is 48.5 Å². The highest BCUT2D eigenvalue weighted by molar-refractivity contribution is 9.10. The van der Waals surface area contributed by atoms with Crippen LogP contribution in [0.3, 0.4) is 0 Å². The number of rotatable bonds is 26. The van der Waals surface area contributed by atoms with Crippen LogP contribution in [0.5, 0.6) is 34.5 Å². The van der Waals surface area contributed by atoms with E-state index in [9.17, 15) is 0 Å². The van der Waals surface area contributed by atoms with E-state index in [0.29, 0.717) is 106 Å². The van der Waals surface area contributed by atoms with Gasteiger partial charge in [-0.2, -0.15) is 18.1 Å². The number of nitrogens with one attached hydrogen (secondary N) is 1. The zero-order valence-corrected chi connectivity index (χ0v) is 64.4. The zero-order valence-electron chi connectivity index (χ0n) is 57.9. The Morgan fingerprint density at radius 1 is 0.443 bits per heavy atom. The number of fused-ring (bicyclic) bond motifs is 2. The highest BCUT2D eigenvalue weighted by Crippen LogP contribution is 2.46. The maximum atomic E-state index is 15.4. The molecule has 24 nitrogen and oxygen atoms in total. The highest BCUT2D eigenvalue weighted by Gasteiger charge is 2.38. The van der Waals surface area contributed by atoms with Crippen LogP contribution in [0.2, 0.25) is 0 Å². The van der Waals surface area contributed by atoms with E-state index >= 15 is 16.8 Å². The number of sulfonamides is 2. The minimum absolute atomic E-state index is 0.0128. The van der Waals surface area contributed by atoms with Crippen molar-refractivity contribution in [2.75, 3.05) is 54.1 Å². The molecule has 14 aromatic rings. The number of methoxy groups -OCH3 is 6. The van der Waals surface area contributed by atoms with Gasteiger partial charge in [0, 0.05) is 46.3 Å². The molecule has 0 aliphatic heterocycles. The van der Waals surface area contributed by atoms with Gasteiger partial charge in [0.15, 0.2) is 15.5 Å². The number of nitrogen functional groups attached to an aromatic ring is 2. The third-order valence-electron chi connectivity index (χ3n) is 17.4. The number of anilines is 2. The number of hydrogen-bond acceptors (Lipinski definition) is 21. The normalized spacial score (nSPS) is 11.6. The summed E-state index contributed by atoms with van der Waals surface area (Å²) in [4.78, 5) is 10.7. The molecule has 4 heterocycles. The van der Waals surface area contributed by atoms with Crippen molar-refractivity contribution in [1.29, 1.82) is 0 Å². The van der Waals surface area contributed by atoms with Gasteiger partial charge in [0.1, 0.15) is 55.9 Å². The number of thiazole rings is 2. The molecule has 0 saturated carbocycles. The van der Waals surface area contributed by atoms with Gasteiger partial charge >= 0.3 is 5.82 Å². The van der Waals surface area contributed by atoms with Crippen LogP contribution < -0.4 is 44.6 Å². The molecule has 30 heteroatoms. The lowest BCUT2D eigenvalue weighted by Gasteiger charge is -2.25. The second-order valence-electron chi connectivity index (χ2n) is 24.0. The zero-order chi connectivity index (χ0) is 74.2. The summed E-state index contributed by atoms with van der Waals surface area (Å²) in [6.07, 6.45) is 0. The number of tetrazole rings is 2. The largest absolute Gasteiger partial charge is 0.497 e. The molecule has 0 amide bonds. The molecule has 540 valence electrons. The smallest absolute Gasteiger partial charge is 0.334 e. The number of aromatic amines is 1. The first-order chi connectivity index (χ1) is 51.3. The van der Waals surface area contributed by atoms with E-state index in [1.54, 1.807) is 83.7 Å². The predicted molar refractivity (Wildman–Crippen MR) is 416 cm³/mol. The lowest BCUT2D eigenvalue weighted by atomic mass is 9.98. The molecular formula is C76H69Br2N14O10S4+. The van der Waals surface area contributed by atoms with Gasteiger partial charge in [-0.3, -0.25) is 0 Å². The van der Waals surface area contributed by atoms with E-state index in [4.69, 9.17) is 45.0 Å².